The summed E-state index contributed by atoms with van der Waals surface area (Å²) < 4.78 is 17.1. The molecule has 9 heteroatoms. The van der Waals surface area contributed by atoms with Gasteiger partial charge in [0.1, 0.15) is 11.6 Å². The maximum Gasteiger partial charge on any atom is 0.323 e. The van der Waals surface area contributed by atoms with Crippen molar-refractivity contribution < 1.29 is 9.18 Å². The Hall–Kier alpha value is -2.81. The van der Waals surface area contributed by atoms with Crippen LogP contribution in [-0.4, -0.2) is 37.5 Å². The smallest absolute Gasteiger partial charge is 0.323 e. The SMILES string of the molecule is Cc1nsc(NC(=O)N(C)Cc2cn[nH]c2-c2ccc(F)cc2)n1. The number of anilines is 1. The highest BCUT2D eigenvalue weighted by atomic mass is 32.1. The van der Waals surface area contributed by atoms with E-state index < -0.39 is 0 Å². The van der Waals surface area contributed by atoms with Crippen LogP contribution in [0.5, 0.6) is 0 Å². The first-order chi connectivity index (χ1) is 11.5. The number of hydrogen-bond acceptors (Lipinski definition) is 5. The molecule has 0 radical (unpaired) electrons. The molecule has 124 valence electrons. The van der Waals surface area contributed by atoms with Gasteiger partial charge in [-0.05, 0) is 31.2 Å². The first kappa shape index (κ1) is 16.1. The fourth-order valence-electron chi connectivity index (χ4n) is 2.16. The molecule has 2 heterocycles. The van der Waals surface area contributed by atoms with E-state index in [0.717, 1.165) is 28.4 Å². The molecule has 0 aliphatic rings. The summed E-state index contributed by atoms with van der Waals surface area (Å²) in [4.78, 5) is 17.8. The van der Waals surface area contributed by atoms with Crippen LogP contribution in [0.3, 0.4) is 0 Å². The number of benzene rings is 1. The van der Waals surface area contributed by atoms with Crippen LogP contribution in [-0.2, 0) is 6.54 Å². The van der Waals surface area contributed by atoms with Gasteiger partial charge in [-0.25, -0.2) is 14.2 Å². The van der Waals surface area contributed by atoms with Crippen LogP contribution >= 0.6 is 11.5 Å². The lowest BCUT2D eigenvalue weighted by molar-refractivity contribution is 0.221. The van der Waals surface area contributed by atoms with E-state index in [1.165, 1.54) is 17.0 Å². The van der Waals surface area contributed by atoms with Crippen LogP contribution in [0.2, 0.25) is 0 Å². The van der Waals surface area contributed by atoms with E-state index in [0.29, 0.717) is 17.5 Å². The lowest BCUT2D eigenvalue weighted by Crippen LogP contribution is -2.30. The molecule has 0 unspecified atom stereocenters. The number of nitrogens with one attached hydrogen (secondary N) is 2. The predicted molar refractivity (Wildman–Crippen MR) is 89.1 cm³/mol. The summed E-state index contributed by atoms with van der Waals surface area (Å²) in [7, 11) is 1.67. The van der Waals surface area contributed by atoms with Crippen LogP contribution in [0.4, 0.5) is 14.3 Å². The molecule has 0 fully saturated rings. The number of carbonyl (C=O) groups excluding carboxylic acids is 1. The number of carbonyl (C=O) groups is 1. The van der Waals surface area contributed by atoms with E-state index >= 15 is 0 Å². The average molecular weight is 346 g/mol. The molecule has 3 rings (SSSR count). The first-order valence-corrected chi connectivity index (χ1v) is 7.91. The molecule has 24 heavy (non-hydrogen) atoms. The maximum absolute atomic E-state index is 13.1. The number of aryl methyl sites for hydroxylation is 1. The Morgan fingerprint density at radius 2 is 2.12 bits per heavy atom. The molecule has 2 aromatic heterocycles. The molecule has 0 spiro atoms. The van der Waals surface area contributed by atoms with Gasteiger partial charge >= 0.3 is 6.03 Å². The van der Waals surface area contributed by atoms with Gasteiger partial charge < -0.3 is 4.90 Å². The van der Waals surface area contributed by atoms with Crippen molar-refractivity contribution in [2.24, 2.45) is 0 Å². The normalized spacial score (nSPS) is 10.6. The zero-order valence-electron chi connectivity index (χ0n) is 13.1. The highest BCUT2D eigenvalue weighted by Crippen LogP contribution is 2.22. The zero-order valence-corrected chi connectivity index (χ0v) is 13.9. The number of rotatable bonds is 4. The average Bonchev–Trinajstić information content (AvgIpc) is 3.17. The number of aromatic nitrogens is 4. The minimum absolute atomic E-state index is 0.294. The molecule has 2 amide bonds. The summed E-state index contributed by atoms with van der Waals surface area (Å²) in [5.41, 5.74) is 2.38. The van der Waals surface area contributed by atoms with Gasteiger partial charge in [0.05, 0.1) is 18.4 Å². The summed E-state index contributed by atoms with van der Waals surface area (Å²) in [5, 5.41) is 10.1. The van der Waals surface area contributed by atoms with E-state index in [2.05, 4.69) is 24.9 Å². The third-order valence-electron chi connectivity index (χ3n) is 3.35. The minimum Gasteiger partial charge on any atom is -0.323 e. The predicted octanol–water partition coefficient (Wildman–Crippen LogP) is 3.04. The van der Waals surface area contributed by atoms with Gasteiger partial charge in [-0.1, -0.05) is 0 Å². The second kappa shape index (κ2) is 6.75. The molecule has 2 N–H and O–H groups in total. The van der Waals surface area contributed by atoms with Gasteiger partial charge in [0.25, 0.3) is 0 Å². The van der Waals surface area contributed by atoms with Gasteiger partial charge in [0, 0.05) is 29.7 Å². The Kier molecular flexibility index (Phi) is 4.52. The van der Waals surface area contributed by atoms with Crippen molar-refractivity contribution in [1.29, 1.82) is 0 Å². The van der Waals surface area contributed by atoms with Gasteiger partial charge in [0.2, 0.25) is 5.13 Å². The van der Waals surface area contributed by atoms with Crippen LogP contribution in [0.25, 0.3) is 11.3 Å². The van der Waals surface area contributed by atoms with Gasteiger partial charge in [-0.3, -0.25) is 10.4 Å². The van der Waals surface area contributed by atoms with Crippen molar-refractivity contribution >= 4 is 22.7 Å². The minimum atomic E-state index is -0.302. The summed E-state index contributed by atoms with van der Waals surface area (Å²) in [6.07, 6.45) is 1.65. The topological polar surface area (TPSA) is 86.8 Å². The number of hydrogen-bond donors (Lipinski definition) is 2. The lowest BCUT2D eigenvalue weighted by Gasteiger charge is -2.16. The summed E-state index contributed by atoms with van der Waals surface area (Å²) in [5.74, 6) is 0.315. The molecule has 3 aromatic rings. The summed E-state index contributed by atoms with van der Waals surface area (Å²) >= 11 is 1.13. The number of halogens is 1. The van der Waals surface area contributed by atoms with Crippen molar-refractivity contribution in [1.82, 2.24) is 24.5 Å². The van der Waals surface area contributed by atoms with Crippen molar-refractivity contribution in [3.05, 3.63) is 47.7 Å². The standard InChI is InChI=1S/C15H15FN6OS/c1-9-18-14(24-21-9)19-15(23)22(2)8-11-7-17-20-13(11)10-3-5-12(16)6-4-10/h3-7H,8H2,1-2H3,(H,17,20)(H,18,19,21,23). The molecule has 0 aliphatic heterocycles. The fourth-order valence-corrected chi connectivity index (χ4v) is 2.72. The number of amides is 2. The molecule has 0 bridgehead atoms. The Morgan fingerprint density at radius 1 is 1.38 bits per heavy atom. The van der Waals surface area contributed by atoms with Gasteiger partial charge in [-0.15, -0.1) is 0 Å². The zero-order chi connectivity index (χ0) is 17.1. The van der Waals surface area contributed by atoms with E-state index in [1.54, 1.807) is 32.3 Å². The second-order valence-corrected chi connectivity index (χ2v) is 5.96. The Bertz CT molecular complexity index is 844. The van der Waals surface area contributed by atoms with Crippen LogP contribution in [0.1, 0.15) is 11.4 Å². The van der Waals surface area contributed by atoms with Crippen molar-refractivity contribution in [2.45, 2.75) is 13.5 Å². The Balaban J connectivity index is 1.70. The van der Waals surface area contributed by atoms with E-state index in [1.807, 2.05) is 0 Å². The van der Waals surface area contributed by atoms with Gasteiger partial charge in [-0.2, -0.15) is 9.47 Å². The fraction of sp³-hybridized carbons (Fsp3) is 0.200. The number of urea groups is 1. The quantitative estimate of drug-likeness (QED) is 0.760. The number of aromatic amines is 1. The van der Waals surface area contributed by atoms with Crippen LogP contribution in [0, 0.1) is 12.7 Å². The van der Waals surface area contributed by atoms with Crippen molar-refractivity contribution in [3.8, 4) is 11.3 Å². The molecule has 0 saturated carbocycles. The van der Waals surface area contributed by atoms with Crippen molar-refractivity contribution in [3.63, 3.8) is 0 Å². The first-order valence-electron chi connectivity index (χ1n) is 7.13. The molecule has 7 nitrogen and oxygen atoms in total. The molecule has 0 saturated heterocycles. The highest BCUT2D eigenvalue weighted by Gasteiger charge is 2.15. The highest BCUT2D eigenvalue weighted by molar-refractivity contribution is 7.09. The van der Waals surface area contributed by atoms with Gasteiger partial charge in [0.15, 0.2) is 0 Å². The molecular formula is C15H15FN6OS. The molecular weight excluding hydrogens is 331 g/mol. The Labute approximate surface area is 141 Å². The summed E-state index contributed by atoms with van der Waals surface area (Å²) in [6, 6.07) is 5.80. The van der Waals surface area contributed by atoms with Crippen LogP contribution < -0.4 is 5.32 Å². The molecule has 0 atom stereocenters. The lowest BCUT2D eigenvalue weighted by atomic mass is 10.1. The molecule has 0 aliphatic carbocycles. The largest absolute Gasteiger partial charge is 0.323 e. The van der Waals surface area contributed by atoms with Crippen molar-refractivity contribution in [2.75, 3.05) is 12.4 Å². The third-order valence-corrected chi connectivity index (χ3v) is 4.07. The molecule has 1 aromatic carbocycles. The maximum atomic E-state index is 13.1. The van der Waals surface area contributed by atoms with E-state index in [9.17, 15) is 9.18 Å². The van der Waals surface area contributed by atoms with E-state index in [-0.39, 0.29) is 11.8 Å². The number of H-pyrrole nitrogens is 1. The summed E-state index contributed by atoms with van der Waals surface area (Å²) in [6.45, 7) is 2.10. The second-order valence-electron chi connectivity index (χ2n) is 5.21. The monoisotopic (exact) mass is 346 g/mol. The third kappa shape index (κ3) is 3.57. The van der Waals surface area contributed by atoms with E-state index in [4.69, 9.17) is 0 Å². The van der Waals surface area contributed by atoms with Crippen LogP contribution in [0.15, 0.2) is 30.5 Å². The Morgan fingerprint density at radius 3 is 2.79 bits per heavy atom. The number of nitrogens with zero attached hydrogens (tertiary/aromatic N) is 4.